The molecule has 6 heteroatoms. The molecule has 3 N–H and O–H groups in total. The van der Waals surface area contributed by atoms with Gasteiger partial charge in [-0.15, -0.1) is 0 Å². The Balaban J connectivity index is 2.30. The molecule has 0 atom stereocenters. The maximum absolute atomic E-state index is 12.1. The van der Waals surface area contributed by atoms with Crippen LogP contribution in [0.3, 0.4) is 0 Å². The number of hydrogen-bond donors (Lipinski definition) is 2. The van der Waals surface area contributed by atoms with Crippen molar-refractivity contribution in [3.63, 3.8) is 0 Å². The normalized spacial score (nSPS) is 10.4. The van der Waals surface area contributed by atoms with Gasteiger partial charge >= 0.3 is 0 Å². The Morgan fingerprint density at radius 3 is 2.67 bits per heavy atom. The molecule has 0 radical (unpaired) electrons. The average molecular weight is 245 g/mol. The number of pyridine rings is 1. The number of nitrogens with zero attached hydrogens (tertiary/aromatic N) is 3. The zero-order valence-corrected chi connectivity index (χ0v) is 10.6. The van der Waals surface area contributed by atoms with Crippen molar-refractivity contribution in [2.45, 2.75) is 13.8 Å². The lowest BCUT2D eigenvalue weighted by atomic mass is 10.2. The van der Waals surface area contributed by atoms with Crippen LogP contribution in [0.2, 0.25) is 0 Å². The molecule has 18 heavy (non-hydrogen) atoms. The highest BCUT2D eigenvalue weighted by Gasteiger charge is 2.15. The Labute approximate surface area is 105 Å². The van der Waals surface area contributed by atoms with Crippen LogP contribution in [0.15, 0.2) is 18.3 Å². The smallest absolute Gasteiger partial charge is 0.258 e. The van der Waals surface area contributed by atoms with E-state index in [2.05, 4.69) is 15.4 Å². The van der Waals surface area contributed by atoms with Crippen molar-refractivity contribution in [3.05, 3.63) is 35.3 Å². The highest BCUT2D eigenvalue weighted by molar-refractivity contribution is 6.05. The number of carbonyl (C=O) groups excluding carboxylic acids is 1. The Hall–Kier alpha value is -2.37. The number of anilines is 2. The molecule has 94 valence electrons. The fourth-order valence-electron chi connectivity index (χ4n) is 1.72. The first kappa shape index (κ1) is 12.1. The summed E-state index contributed by atoms with van der Waals surface area (Å²) in [5.74, 6) is 0.260. The summed E-state index contributed by atoms with van der Waals surface area (Å²) in [6, 6.07) is 3.44. The number of amides is 1. The quantitative estimate of drug-likeness (QED) is 0.834. The van der Waals surface area contributed by atoms with Gasteiger partial charge in [-0.25, -0.2) is 0 Å². The molecule has 0 bridgehead atoms. The minimum absolute atomic E-state index is 0.240. The molecule has 2 aromatic rings. The fourth-order valence-corrected chi connectivity index (χ4v) is 1.72. The predicted molar refractivity (Wildman–Crippen MR) is 69.3 cm³/mol. The van der Waals surface area contributed by atoms with Gasteiger partial charge in [0.15, 0.2) is 5.82 Å². The van der Waals surface area contributed by atoms with E-state index in [4.69, 9.17) is 5.73 Å². The van der Waals surface area contributed by atoms with Gasteiger partial charge in [-0.2, -0.15) is 5.10 Å². The zero-order valence-electron chi connectivity index (χ0n) is 10.6. The second-order valence-electron chi connectivity index (χ2n) is 4.06. The van der Waals surface area contributed by atoms with Crippen LogP contribution in [0.4, 0.5) is 11.5 Å². The SMILES string of the molecule is Cc1ncccc1C(=O)Nc1c(N)c(C)nn1C. The summed E-state index contributed by atoms with van der Waals surface area (Å²) in [7, 11) is 1.73. The third kappa shape index (κ3) is 2.04. The number of rotatable bonds is 2. The van der Waals surface area contributed by atoms with E-state index >= 15 is 0 Å². The van der Waals surface area contributed by atoms with Crippen molar-refractivity contribution >= 4 is 17.4 Å². The van der Waals surface area contributed by atoms with Crippen molar-refractivity contribution < 1.29 is 4.79 Å². The van der Waals surface area contributed by atoms with Gasteiger partial charge in [-0.1, -0.05) is 0 Å². The molecule has 0 saturated heterocycles. The molecule has 0 unspecified atom stereocenters. The molecule has 2 rings (SSSR count). The summed E-state index contributed by atoms with van der Waals surface area (Å²) >= 11 is 0. The minimum Gasteiger partial charge on any atom is -0.394 e. The van der Waals surface area contributed by atoms with Crippen LogP contribution in [0.5, 0.6) is 0 Å². The van der Waals surface area contributed by atoms with Crippen LogP contribution in [-0.4, -0.2) is 20.7 Å². The van der Waals surface area contributed by atoms with Crippen molar-refractivity contribution in [2.75, 3.05) is 11.1 Å². The van der Waals surface area contributed by atoms with Crippen molar-refractivity contribution in [1.82, 2.24) is 14.8 Å². The first-order chi connectivity index (χ1) is 8.50. The van der Waals surface area contributed by atoms with Crippen LogP contribution in [0, 0.1) is 13.8 Å². The van der Waals surface area contributed by atoms with Gasteiger partial charge < -0.3 is 11.1 Å². The first-order valence-electron chi connectivity index (χ1n) is 5.52. The molecule has 2 heterocycles. The van der Waals surface area contributed by atoms with Gasteiger partial charge in [0.05, 0.1) is 16.9 Å². The van der Waals surface area contributed by atoms with E-state index in [0.717, 1.165) is 0 Å². The molecule has 1 amide bonds. The van der Waals surface area contributed by atoms with Gasteiger partial charge in [0.1, 0.15) is 0 Å². The molecule has 0 fully saturated rings. The molecular formula is C12H15N5O. The third-order valence-electron chi connectivity index (χ3n) is 2.75. The van der Waals surface area contributed by atoms with E-state index in [1.807, 2.05) is 0 Å². The Morgan fingerprint density at radius 2 is 2.11 bits per heavy atom. The van der Waals surface area contributed by atoms with Gasteiger partial charge in [0.2, 0.25) is 0 Å². The molecule has 0 aliphatic carbocycles. The van der Waals surface area contributed by atoms with E-state index < -0.39 is 0 Å². The number of carbonyl (C=O) groups is 1. The number of nitrogen functional groups attached to an aromatic ring is 1. The largest absolute Gasteiger partial charge is 0.394 e. The summed E-state index contributed by atoms with van der Waals surface area (Å²) < 4.78 is 1.55. The lowest BCUT2D eigenvalue weighted by Crippen LogP contribution is -2.17. The first-order valence-corrected chi connectivity index (χ1v) is 5.52. The number of aromatic nitrogens is 3. The molecule has 0 aliphatic heterocycles. The summed E-state index contributed by atoms with van der Waals surface area (Å²) in [5, 5.41) is 6.89. The summed E-state index contributed by atoms with van der Waals surface area (Å²) in [6.45, 7) is 3.58. The minimum atomic E-state index is -0.240. The molecule has 0 spiro atoms. The van der Waals surface area contributed by atoms with E-state index in [1.54, 1.807) is 43.9 Å². The van der Waals surface area contributed by atoms with Crippen molar-refractivity contribution in [3.8, 4) is 0 Å². The van der Waals surface area contributed by atoms with Crippen molar-refractivity contribution in [2.24, 2.45) is 7.05 Å². The number of nitrogens with one attached hydrogen (secondary N) is 1. The van der Waals surface area contributed by atoms with E-state index in [-0.39, 0.29) is 5.91 Å². The monoisotopic (exact) mass is 245 g/mol. The molecule has 0 saturated carbocycles. The molecule has 6 nitrogen and oxygen atoms in total. The fraction of sp³-hybridized carbons (Fsp3) is 0.250. The van der Waals surface area contributed by atoms with Gasteiger partial charge in [0, 0.05) is 18.9 Å². The number of hydrogen-bond acceptors (Lipinski definition) is 4. The van der Waals surface area contributed by atoms with Crippen molar-refractivity contribution in [1.29, 1.82) is 0 Å². The average Bonchev–Trinajstić information content (AvgIpc) is 2.56. The standard InChI is InChI=1S/C12H15N5O/c1-7-9(5-4-6-14-7)12(18)15-11-10(13)8(2)16-17(11)3/h4-6H,13H2,1-3H3,(H,15,18). The molecule has 2 aromatic heterocycles. The van der Waals surface area contributed by atoms with Gasteiger partial charge in [-0.05, 0) is 26.0 Å². The maximum atomic E-state index is 12.1. The maximum Gasteiger partial charge on any atom is 0.258 e. The van der Waals surface area contributed by atoms with Gasteiger partial charge in [-0.3, -0.25) is 14.5 Å². The van der Waals surface area contributed by atoms with Crippen LogP contribution < -0.4 is 11.1 Å². The predicted octanol–water partition coefficient (Wildman–Crippen LogP) is 1.27. The second kappa shape index (κ2) is 4.48. The molecular weight excluding hydrogens is 230 g/mol. The highest BCUT2D eigenvalue weighted by Crippen LogP contribution is 2.21. The summed E-state index contributed by atoms with van der Waals surface area (Å²) in [6.07, 6.45) is 1.65. The second-order valence-corrected chi connectivity index (χ2v) is 4.06. The molecule has 0 aromatic carbocycles. The lowest BCUT2D eigenvalue weighted by Gasteiger charge is -2.07. The number of nitrogens with two attached hydrogens (primary N) is 1. The summed E-state index contributed by atoms with van der Waals surface area (Å²) in [4.78, 5) is 16.2. The van der Waals surface area contributed by atoms with Crippen LogP contribution in [0.1, 0.15) is 21.7 Å². The molecule has 0 aliphatic rings. The van der Waals surface area contributed by atoms with Crippen LogP contribution in [0.25, 0.3) is 0 Å². The Bertz CT molecular complexity index is 603. The van der Waals surface area contributed by atoms with E-state index in [9.17, 15) is 4.79 Å². The van der Waals surface area contributed by atoms with E-state index in [0.29, 0.717) is 28.5 Å². The Kier molecular flexibility index (Phi) is 3.01. The van der Waals surface area contributed by atoms with E-state index in [1.165, 1.54) is 0 Å². The zero-order chi connectivity index (χ0) is 13.3. The lowest BCUT2D eigenvalue weighted by molar-refractivity contribution is 0.102. The third-order valence-corrected chi connectivity index (χ3v) is 2.75. The van der Waals surface area contributed by atoms with Crippen LogP contribution >= 0.6 is 0 Å². The highest BCUT2D eigenvalue weighted by atomic mass is 16.1. The summed E-state index contributed by atoms with van der Waals surface area (Å²) in [5.41, 5.74) is 8.22. The van der Waals surface area contributed by atoms with Gasteiger partial charge in [0.25, 0.3) is 5.91 Å². The topological polar surface area (TPSA) is 85.8 Å². The Morgan fingerprint density at radius 1 is 1.39 bits per heavy atom. The number of aryl methyl sites for hydroxylation is 3. The van der Waals surface area contributed by atoms with Crippen LogP contribution in [-0.2, 0) is 7.05 Å².